The van der Waals surface area contributed by atoms with Crippen molar-refractivity contribution in [3.05, 3.63) is 35.6 Å². The van der Waals surface area contributed by atoms with Crippen LogP contribution in [0.1, 0.15) is 19.4 Å². The maximum absolute atomic E-state index is 13.4. The second kappa shape index (κ2) is 6.35. The van der Waals surface area contributed by atoms with Crippen LogP contribution in [0.25, 0.3) is 0 Å². The third kappa shape index (κ3) is 4.53. The molecular formula is C13H17FO3. The molecule has 1 N–H and O–H groups in total. The number of carboxylic acids is 1. The zero-order valence-electron chi connectivity index (χ0n) is 10.0. The molecule has 0 fully saturated rings. The van der Waals surface area contributed by atoms with E-state index in [9.17, 15) is 9.18 Å². The second-order valence-electron chi connectivity index (χ2n) is 4.35. The van der Waals surface area contributed by atoms with Crippen molar-refractivity contribution in [1.29, 1.82) is 0 Å². The van der Waals surface area contributed by atoms with Gasteiger partial charge in [0.1, 0.15) is 5.82 Å². The van der Waals surface area contributed by atoms with E-state index in [0.29, 0.717) is 12.2 Å². The Hall–Kier alpha value is -1.42. The van der Waals surface area contributed by atoms with Crippen molar-refractivity contribution in [2.75, 3.05) is 6.61 Å². The lowest BCUT2D eigenvalue weighted by molar-refractivity contribution is -0.151. The number of hydrogen-bond acceptors (Lipinski definition) is 2. The van der Waals surface area contributed by atoms with Crippen LogP contribution in [-0.4, -0.2) is 23.8 Å². The minimum absolute atomic E-state index is 0.0503. The molecule has 0 saturated carbocycles. The lowest BCUT2D eigenvalue weighted by atomic mass is 10.1. The van der Waals surface area contributed by atoms with Crippen molar-refractivity contribution in [1.82, 2.24) is 0 Å². The first-order chi connectivity index (χ1) is 8.00. The summed E-state index contributed by atoms with van der Waals surface area (Å²) >= 11 is 0. The van der Waals surface area contributed by atoms with Crippen molar-refractivity contribution in [3.63, 3.8) is 0 Å². The number of carbonyl (C=O) groups is 1. The molecule has 1 rings (SSSR count). The van der Waals surface area contributed by atoms with Gasteiger partial charge in [-0.15, -0.1) is 0 Å². The van der Waals surface area contributed by atoms with Gasteiger partial charge in [0, 0.05) is 6.42 Å². The van der Waals surface area contributed by atoms with Gasteiger partial charge in [0.05, 0.1) is 6.61 Å². The van der Waals surface area contributed by atoms with Gasteiger partial charge in [0.25, 0.3) is 0 Å². The third-order valence-corrected chi connectivity index (χ3v) is 2.27. The molecule has 4 heteroatoms. The Balaban J connectivity index is 2.67. The van der Waals surface area contributed by atoms with Crippen molar-refractivity contribution in [2.24, 2.45) is 5.92 Å². The molecule has 1 aromatic rings. The molecule has 0 saturated heterocycles. The molecule has 0 bridgehead atoms. The summed E-state index contributed by atoms with van der Waals surface area (Å²) in [7, 11) is 0. The van der Waals surface area contributed by atoms with E-state index >= 15 is 0 Å². The predicted octanol–water partition coefficient (Wildman–Crippen LogP) is 2.49. The molecule has 0 unspecified atom stereocenters. The number of halogens is 1. The molecule has 1 atom stereocenters. The first-order valence-electron chi connectivity index (χ1n) is 5.58. The summed E-state index contributed by atoms with van der Waals surface area (Å²) in [6, 6.07) is 6.14. The number of ether oxygens (including phenoxy) is 1. The van der Waals surface area contributed by atoms with E-state index in [0.717, 1.165) is 0 Å². The predicted molar refractivity (Wildman–Crippen MR) is 62.3 cm³/mol. The van der Waals surface area contributed by atoms with Crippen LogP contribution in [0.4, 0.5) is 4.39 Å². The maximum Gasteiger partial charge on any atom is 0.333 e. The van der Waals surface area contributed by atoms with Crippen LogP contribution in [0, 0.1) is 11.7 Å². The van der Waals surface area contributed by atoms with E-state index in [-0.39, 0.29) is 12.3 Å². The summed E-state index contributed by atoms with van der Waals surface area (Å²) in [4.78, 5) is 11.0. The quantitative estimate of drug-likeness (QED) is 0.831. The Kier molecular flexibility index (Phi) is 5.10. The molecule has 3 nitrogen and oxygen atoms in total. The molecule has 0 aliphatic heterocycles. The van der Waals surface area contributed by atoms with Gasteiger partial charge in [-0.3, -0.25) is 0 Å². The molecular weight excluding hydrogens is 223 g/mol. The van der Waals surface area contributed by atoms with Gasteiger partial charge in [-0.05, 0) is 17.5 Å². The van der Waals surface area contributed by atoms with Crippen molar-refractivity contribution < 1.29 is 19.0 Å². The molecule has 0 amide bonds. The van der Waals surface area contributed by atoms with Crippen molar-refractivity contribution in [2.45, 2.75) is 26.4 Å². The second-order valence-corrected chi connectivity index (χ2v) is 4.35. The highest BCUT2D eigenvalue weighted by Gasteiger charge is 2.20. The lowest BCUT2D eigenvalue weighted by Gasteiger charge is -2.15. The van der Waals surface area contributed by atoms with Gasteiger partial charge in [-0.25, -0.2) is 9.18 Å². The minimum atomic E-state index is -1.06. The summed E-state index contributed by atoms with van der Waals surface area (Å²) in [5, 5.41) is 8.99. The first-order valence-corrected chi connectivity index (χ1v) is 5.58. The van der Waals surface area contributed by atoms with Crippen LogP contribution in [0.2, 0.25) is 0 Å². The third-order valence-electron chi connectivity index (χ3n) is 2.27. The highest BCUT2D eigenvalue weighted by Crippen LogP contribution is 2.12. The number of carboxylic acid groups (broad SMARTS) is 1. The number of benzene rings is 1. The van der Waals surface area contributed by atoms with E-state index in [2.05, 4.69) is 0 Å². The Bertz CT molecular complexity index is 377. The zero-order chi connectivity index (χ0) is 12.8. The zero-order valence-corrected chi connectivity index (χ0v) is 10.0. The Labute approximate surface area is 100 Å². The summed E-state index contributed by atoms with van der Waals surface area (Å²) in [5.41, 5.74) is 0.364. The van der Waals surface area contributed by atoms with Crippen molar-refractivity contribution in [3.8, 4) is 0 Å². The topological polar surface area (TPSA) is 46.5 Å². The molecule has 1 aromatic carbocycles. The van der Waals surface area contributed by atoms with Crippen LogP contribution in [0.3, 0.4) is 0 Å². The summed E-state index contributed by atoms with van der Waals surface area (Å²) < 4.78 is 18.6. The van der Waals surface area contributed by atoms with Gasteiger partial charge in [0.2, 0.25) is 0 Å². The highest BCUT2D eigenvalue weighted by molar-refractivity contribution is 5.72. The normalized spacial score (nSPS) is 12.7. The molecule has 0 aliphatic carbocycles. The summed E-state index contributed by atoms with van der Waals surface area (Å²) in [5.74, 6) is -1.21. The van der Waals surface area contributed by atoms with E-state index in [4.69, 9.17) is 9.84 Å². The molecule has 0 aromatic heterocycles. The van der Waals surface area contributed by atoms with Crippen molar-refractivity contribution >= 4 is 5.97 Å². The van der Waals surface area contributed by atoms with Crippen LogP contribution in [-0.2, 0) is 16.0 Å². The minimum Gasteiger partial charge on any atom is -0.479 e. The Morgan fingerprint density at radius 2 is 2.06 bits per heavy atom. The first kappa shape index (κ1) is 13.6. The van der Waals surface area contributed by atoms with Gasteiger partial charge in [-0.2, -0.15) is 0 Å². The van der Waals surface area contributed by atoms with E-state index in [1.54, 1.807) is 18.2 Å². The molecule has 0 spiro atoms. The SMILES string of the molecule is CC(C)CO[C@@H](Cc1ccccc1F)C(=O)O. The molecule has 0 aliphatic rings. The smallest absolute Gasteiger partial charge is 0.333 e. The molecule has 17 heavy (non-hydrogen) atoms. The number of aliphatic carboxylic acids is 1. The molecule has 94 valence electrons. The van der Waals surface area contributed by atoms with Gasteiger partial charge >= 0.3 is 5.97 Å². The maximum atomic E-state index is 13.4. The average molecular weight is 240 g/mol. The van der Waals surface area contributed by atoms with E-state index in [1.165, 1.54) is 6.07 Å². The fourth-order valence-electron chi connectivity index (χ4n) is 1.39. The fourth-order valence-corrected chi connectivity index (χ4v) is 1.39. The monoisotopic (exact) mass is 240 g/mol. The molecule has 0 radical (unpaired) electrons. The molecule has 0 heterocycles. The number of rotatable bonds is 6. The largest absolute Gasteiger partial charge is 0.479 e. The van der Waals surface area contributed by atoms with Crippen LogP contribution < -0.4 is 0 Å². The van der Waals surface area contributed by atoms with Crippen LogP contribution >= 0.6 is 0 Å². The number of hydrogen-bond donors (Lipinski definition) is 1. The van der Waals surface area contributed by atoms with Crippen LogP contribution in [0.5, 0.6) is 0 Å². The fraction of sp³-hybridized carbons (Fsp3) is 0.462. The van der Waals surface area contributed by atoms with Gasteiger partial charge in [0.15, 0.2) is 6.10 Å². The standard InChI is InChI=1S/C13H17FO3/c1-9(2)8-17-12(13(15)16)7-10-5-3-4-6-11(10)14/h3-6,9,12H,7-8H2,1-2H3,(H,15,16)/t12-/m0/s1. The van der Waals surface area contributed by atoms with Gasteiger partial charge < -0.3 is 9.84 Å². The lowest BCUT2D eigenvalue weighted by Crippen LogP contribution is -2.28. The highest BCUT2D eigenvalue weighted by atomic mass is 19.1. The van der Waals surface area contributed by atoms with E-state index in [1.807, 2.05) is 13.8 Å². The average Bonchev–Trinajstić information content (AvgIpc) is 2.25. The van der Waals surface area contributed by atoms with Gasteiger partial charge in [-0.1, -0.05) is 32.0 Å². The summed E-state index contributed by atoms with van der Waals surface area (Å²) in [6.07, 6.45) is -0.941. The Morgan fingerprint density at radius 3 is 2.59 bits per heavy atom. The Morgan fingerprint density at radius 1 is 1.41 bits per heavy atom. The summed E-state index contributed by atoms with van der Waals surface area (Å²) in [6.45, 7) is 4.22. The van der Waals surface area contributed by atoms with E-state index < -0.39 is 17.9 Å². The van der Waals surface area contributed by atoms with Crippen LogP contribution in [0.15, 0.2) is 24.3 Å².